The van der Waals surface area contributed by atoms with Crippen molar-refractivity contribution in [2.24, 2.45) is 0 Å². The van der Waals surface area contributed by atoms with Gasteiger partial charge in [-0.3, -0.25) is 9.78 Å². The van der Waals surface area contributed by atoms with E-state index in [4.69, 9.17) is 14.7 Å². The second-order valence-electron chi connectivity index (χ2n) is 8.90. The fraction of sp³-hybridized carbons (Fsp3) is 0.400. The summed E-state index contributed by atoms with van der Waals surface area (Å²) in [5.41, 5.74) is 3.69. The average molecular weight is 481 g/mol. The van der Waals surface area contributed by atoms with Gasteiger partial charge in [0.15, 0.2) is 17.4 Å². The normalized spacial score (nSPS) is 16.2. The van der Waals surface area contributed by atoms with E-state index in [0.717, 1.165) is 29.0 Å². The fourth-order valence-electron chi connectivity index (χ4n) is 4.50. The van der Waals surface area contributed by atoms with E-state index in [1.807, 2.05) is 6.92 Å². The van der Waals surface area contributed by atoms with Crippen LogP contribution in [-0.2, 0) is 17.8 Å². The van der Waals surface area contributed by atoms with Crippen molar-refractivity contribution in [3.63, 3.8) is 0 Å². The molecule has 3 aromatic rings. The van der Waals surface area contributed by atoms with Crippen LogP contribution in [0.2, 0.25) is 0 Å². The van der Waals surface area contributed by atoms with E-state index < -0.39 is 11.6 Å². The van der Waals surface area contributed by atoms with Crippen LogP contribution in [0.25, 0.3) is 11.4 Å². The molecule has 182 valence electrons. The fourth-order valence-corrected chi connectivity index (χ4v) is 4.50. The predicted molar refractivity (Wildman–Crippen MR) is 125 cm³/mol. The molecular formula is C25H26F2N6O2. The highest BCUT2D eigenvalue weighted by Gasteiger charge is 2.29. The number of nitrogens with zero attached hydrogens (tertiary/aromatic N) is 6. The van der Waals surface area contributed by atoms with E-state index in [1.165, 1.54) is 12.1 Å². The van der Waals surface area contributed by atoms with Gasteiger partial charge >= 0.3 is 0 Å². The number of hydrogen-bond acceptors (Lipinski definition) is 7. The zero-order chi connectivity index (χ0) is 24.5. The first-order valence-electron chi connectivity index (χ1n) is 11.7. The van der Waals surface area contributed by atoms with Gasteiger partial charge in [0, 0.05) is 58.1 Å². The number of halogens is 2. The number of ether oxygens (including phenoxy) is 1. The Morgan fingerprint density at radius 2 is 1.86 bits per heavy atom. The van der Waals surface area contributed by atoms with Gasteiger partial charge in [0.1, 0.15) is 23.3 Å². The first kappa shape index (κ1) is 23.1. The van der Waals surface area contributed by atoms with Crippen LogP contribution in [0.1, 0.15) is 36.8 Å². The molecule has 1 fully saturated rings. The Balaban J connectivity index is 1.40. The van der Waals surface area contributed by atoms with Crippen molar-refractivity contribution in [3.05, 3.63) is 59.3 Å². The third-order valence-corrected chi connectivity index (χ3v) is 6.36. The molecule has 2 aromatic heterocycles. The molecule has 0 atom stereocenters. The standard InChI is InChI=1S/C25H26F2N6O2/c1-15-12-28-13-21(29-15)24-25(31-20-7-10-33(16(2)34)14-22(20)30-24)32-8-5-18(6-9-32)35-23-4-3-17(26)11-19(23)27/h3-4,11-13,18H,5-10,14H2,1-2H3. The van der Waals surface area contributed by atoms with Gasteiger partial charge in [-0.05, 0) is 19.1 Å². The number of piperidine rings is 1. The van der Waals surface area contributed by atoms with Gasteiger partial charge in [-0.15, -0.1) is 0 Å². The zero-order valence-electron chi connectivity index (χ0n) is 19.7. The molecule has 0 bridgehead atoms. The molecule has 0 aliphatic carbocycles. The number of amides is 1. The summed E-state index contributed by atoms with van der Waals surface area (Å²) in [4.78, 5) is 34.6. The largest absolute Gasteiger partial charge is 0.487 e. The number of hydrogen-bond donors (Lipinski definition) is 0. The van der Waals surface area contributed by atoms with Crippen LogP contribution in [0.3, 0.4) is 0 Å². The van der Waals surface area contributed by atoms with Crippen molar-refractivity contribution in [2.75, 3.05) is 24.5 Å². The minimum Gasteiger partial charge on any atom is -0.487 e. The molecule has 1 saturated heterocycles. The van der Waals surface area contributed by atoms with Crippen LogP contribution in [0.5, 0.6) is 5.75 Å². The maximum atomic E-state index is 14.0. The monoisotopic (exact) mass is 480 g/mol. The lowest BCUT2D eigenvalue weighted by atomic mass is 10.1. The molecule has 8 nitrogen and oxygen atoms in total. The summed E-state index contributed by atoms with van der Waals surface area (Å²) in [7, 11) is 0. The third kappa shape index (κ3) is 4.91. The van der Waals surface area contributed by atoms with Crippen LogP contribution in [0.4, 0.5) is 14.6 Å². The van der Waals surface area contributed by atoms with Gasteiger partial charge in [-0.2, -0.15) is 0 Å². The third-order valence-electron chi connectivity index (χ3n) is 6.36. The lowest BCUT2D eigenvalue weighted by Gasteiger charge is -2.35. The molecule has 1 aromatic carbocycles. The number of benzene rings is 1. The van der Waals surface area contributed by atoms with Gasteiger partial charge < -0.3 is 14.5 Å². The van der Waals surface area contributed by atoms with E-state index >= 15 is 0 Å². The van der Waals surface area contributed by atoms with Crippen LogP contribution >= 0.6 is 0 Å². The molecule has 10 heteroatoms. The maximum absolute atomic E-state index is 14.0. The predicted octanol–water partition coefficient (Wildman–Crippen LogP) is 3.47. The summed E-state index contributed by atoms with van der Waals surface area (Å²) >= 11 is 0. The van der Waals surface area contributed by atoms with Gasteiger partial charge in [0.05, 0.1) is 29.8 Å². The van der Waals surface area contributed by atoms with Crippen molar-refractivity contribution in [3.8, 4) is 17.1 Å². The van der Waals surface area contributed by atoms with Gasteiger partial charge in [-0.1, -0.05) is 0 Å². The second kappa shape index (κ2) is 9.52. The molecule has 0 unspecified atom stereocenters. The number of rotatable bonds is 4. The van der Waals surface area contributed by atoms with Crippen molar-refractivity contribution < 1.29 is 18.3 Å². The van der Waals surface area contributed by atoms with E-state index in [0.29, 0.717) is 56.8 Å². The lowest BCUT2D eigenvalue weighted by Crippen LogP contribution is -2.40. The Bertz CT molecular complexity index is 1260. The number of anilines is 1. The Morgan fingerprint density at radius 3 is 2.57 bits per heavy atom. The highest BCUT2D eigenvalue weighted by molar-refractivity contribution is 5.74. The van der Waals surface area contributed by atoms with Crippen molar-refractivity contribution in [2.45, 2.75) is 45.8 Å². The SMILES string of the molecule is CC(=O)N1CCc2nc(N3CCC(Oc4ccc(F)cc4F)CC3)c(-c3cncc(C)n3)nc2C1. The summed E-state index contributed by atoms with van der Waals surface area (Å²) in [5.74, 6) is -0.532. The minimum atomic E-state index is -0.701. The van der Waals surface area contributed by atoms with Crippen LogP contribution < -0.4 is 9.64 Å². The maximum Gasteiger partial charge on any atom is 0.219 e. The first-order valence-corrected chi connectivity index (χ1v) is 11.7. The summed E-state index contributed by atoms with van der Waals surface area (Å²) in [6.45, 7) is 5.72. The molecule has 1 amide bonds. The Hall–Kier alpha value is -3.69. The lowest BCUT2D eigenvalue weighted by molar-refractivity contribution is -0.129. The van der Waals surface area contributed by atoms with Crippen molar-refractivity contribution >= 4 is 11.7 Å². The number of aromatic nitrogens is 4. The molecule has 2 aliphatic rings. The highest BCUT2D eigenvalue weighted by atomic mass is 19.1. The van der Waals surface area contributed by atoms with E-state index in [-0.39, 0.29) is 17.8 Å². The number of carbonyl (C=O) groups is 1. The van der Waals surface area contributed by atoms with Crippen LogP contribution in [0.15, 0.2) is 30.6 Å². The molecule has 0 N–H and O–H groups in total. The van der Waals surface area contributed by atoms with Crippen LogP contribution in [0, 0.1) is 18.6 Å². The van der Waals surface area contributed by atoms with E-state index in [1.54, 1.807) is 24.2 Å². The number of aryl methyl sites for hydroxylation is 1. The van der Waals surface area contributed by atoms with Crippen molar-refractivity contribution in [1.82, 2.24) is 24.8 Å². The van der Waals surface area contributed by atoms with E-state index in [9.17, 15) is 13.6 Å². The smallest absolute Gasteiger partial charge is 0.219 e. The molecule has 5 rings (SSSR count). The Labute approximate surface area is 202 Å². The minimum absolute atomic E-state index is 0.0121. The summed E-state index contributed by atoms with van der Waals surface area (Å²) in [6, 6.07) is 3.35. The Morgan fingerprint density at radius 1 is 1.06 bits per heavy atom. The zero-order valence-corrected chi connectivity index (χ0v) is 19.7. The summed E-state index contributed by atoms with van der Waals surface area (Å²) < 4.78 is 33.0. The van der Waals surface area contributed by atoms with Gasteiger partial charge in [0.25, 0.3) is 0 Å². The Kier molecular flexibility index (Phi) is 6.27. The molecule has 35 heavy (non-hydrogen) atoms. The quantitative estimate of drug-likeness (QED) is 0.565. The average Bonchev–Trinajstić information content (AvgIpc) is 2.85. The second-order valence-corrected chi connectivity index (χ2v) is 8.90. The summed E-state index contributed by atoms with van der Waals surface area (Å²) in [5, 5.41) is 0. The number of carbonyl (C=O) groups excluding carboxylic acids is 1. The molecule has 0 saturated carbocycles. The van der Waals surface area contributed by atoms with Gasteiger partial charge in [0.2, 0.25) is 5.91 Å². The van der Waals surface area contributed by atoms with Crippen LogP contribution in [-0.4, -0.2) is 56.5 Å². The first-order chi connectivity index (χ1) is 16.9. The molecule has 4 heterocycles. The topological polar surface area (TPSA) is 84.3 Å². The number of fused-ring (bicyclic) bond motifs is 1. The van der Waals surface area contributed by atoms with Gasteiger partial charge in [-0.25, -0.2) is 23.7 Å². The molecular weight excluding hydrogens is 454 g/mol. The molecule has 0 spiro atoms. The van der Waals surface area contributed by atoms with Crippen molar-refractivity contribution in [1.29, 1.82) is 0 Å². The summed E-state index contributed by atoms with van der Waals surface area (Å²) in [6.07, 6.45) is 5.09. The molecule has 2 aliphatic heterocycles. The van der Waals surface area contributed by atoms with E-state index in [2.05, 4.69) is 14.9 Å². The highest BCUT2D eigenvalue weighted by Crippen LogP contribution is 2.32. The molecule has 0 radical (unpaired) electrons.